The van der Waals surface area contributed by atoms with Gasteiger partial charge in [0.15, 0.2) is 0 Å². The first-order chi connectivity index (χ1) is 5.88. The van der Waals surface area contributed by atoms with Crippen LogP contribution in [0.4, 0.5) is 0 Å². The van der Waals surface area contributed by atoms with Crippen LogP contribution in [0.25, 0.3) is 0 Å². The monoisotopic (exact) mass is 160 g/mol. The average molecular weight is 160 g/mol. The first-order valence-corrected chi connectivity index (χ1v) is 5.41. The Morgan fingerprint density at radius 2 is 1.33 bits per heavy atom. The summed E-state index contributed by atoms with van der Waals surface area (Å²) in [5.74, 6) is 7.54. The van der Waals surface area contributed by atoms with Gasteiger partial charge in [-0.2, -0.15) is 0 Å². The molecule has 0 aromatic carbocycles. The normalized spacial score (nSPS) is 79.2. The molecule has 0 aromatic heterocycles. The lowest BCUT2D eigenvalue weighted by Gasteiger charge is -2.32. The molecule has 8 atom stereocenters. The van der Waals surface area contributed by atoms with Crippen molar-refractivity contribution in [2.75, 3.05) is 0 Å². The van der Waals surface area contributed by atoms with E-state index in [1.54, 1.807) is 0 Å². The van der Waals surface area contributed by atoms with Crippen LogP contribution in [0.2, 0.25) is 0 Å². The molecule has 0 radical (unpaired) electrons. The molecule has 6 aliphatic rings. The topological polar surface area (TPSA) is 17.1 Å². The summed E-state index contributed by atoms with van der Waals surface area (Å²) < 4.78 is 0. The van der Waals surface area contributed by atoms with Gasteiger partial charge in [-0.3, -0.25) is 4.79 Å². The van der Waals surface area contributed by atoms with Crippen LogP contribution in [0.5, 0.6) is 0 Å². The number of Topliss-reactive ketones (excluding diaryl/α,β-unsaturated/α-hetero) is 1. The molecule has 62 valence electrons. The van der Waals surface area contributed by atoms with Crippen molar-refractivity contribution in [1.29, 1.82) is 0 Å². The summed E-state index contributed by atoms with van der Waals surface area (Å²) >= 11 is 0. The lowest BCUT2D eigenvalue weighted by Crippen LogP contribution is -2.30. The minimum absolute atomic E-state index is 0.591. The van der Waals surface area contributed by atoms with Crippen LogP contribution in [-0.2, 0) is 4.79 Å². The molecule has 1 heteroatoms. The summed E-state index contributed by atoms with van der Waals surface area (Å²) in [6.07, 6.45) is 2.90. The Bertz CT molecular complexity index is 291. The van der Waals surface area contributed by atoms with E-state index in [-0.39, 0.29) is 0 Å². The van der Waals surface area contributed by atoms with Crippen LogP contribution in [0.3, 0.4) is 0 Å². The smallest absolute Gasteiger partial charge is 0.140 e. The molecule has 0 N–H and O–H groups in total. The highest BCUT2D eigenvalue weighted by molar-refractivity contribution is 5.91. The largest absolute Gasteiger partial charge is 0.299 e. The molecule has 0 saturated heterocycles. The Balaban J connectivity index is 1.94. The number of carbonyl (C=O) groups excluding carboxylic acids is 1. The number of ketones is 1. The highest BCUT2D eigenvalue weighted by atomic mass is 16.1. The zero-order chi connectivity index (χ0) is 7.61. The molecule has 0 aliphatic heterocycles. The quantitative estimate of drug-likeness (QED) is 0.522. The maximum absolute atomic E-state index is 11.9. The third-order valence-corrected chi connectivity index (χ3v) is 6.03. The second-order valence-electron chi connectivity index (χ2n) is 5.74. The second kappa shape index (κ2) is 1.21. The molecule has 0 aromatic rings. The number of rotatable bonds is 0. The molecular weight excluding hydrogens is 148 g/mol. The summed E-state index contributed by atoms with van der Waals surface area (Å²) in [5.41, 5.74) is 0. The van der Waals surface area contributed by atoms with Gasteiger partial charge < -0.3 is 0 Å². The fourth-order valence-corrected chi connectivity index (χ4v) is 6.24. The first-order valence-electron chi connectivity index (χ1n) is 5.41. The van der Waals surface area contributed by atoms with Crippen molar-refractivity contribution in [2.24, 2.45) is 47.3 Å². The van der Waals surface area contributed by atoms with E-state index in [0.717, 1.165) is 35.5 Å². The van der Waals surface area contributed by atoms with E-state index in [9.17, 15) is 4.79 Å². The van der Waals surface area contributed by atoms with Crippen molar-refractivity contribution >= 4 is 5.78 Å². The molecular formula is C11H12O. The van der Waals surface area contributed by atoms with Crippen molar-refractivity contribution in [2.45, 2.75) is 12.8 Å². The summed E-state index contributed by atoms with van der Waals surface area (Å²) in [4.78, 5) is 11.9. The Kier molecular flexibility index (Phi) is 0.547. The van der Waals surface area contributed by atoms with Gasteiger partial charge in [-0.1, -0.05) is 0 Å². The Morgan fingerprint density at radius 1 is 0.833 bits per heavy atom. The van der Waals surface area contributed by atoms with Crippen LogP contribution < -0.4 is 0 Å². The minimum atomic E-state index is 0.591. The van der Waals surface area contributed by atoms with Gasteiger partial charge in [0, 0.05) is 11.8 Å². The van der Waals surface area contributed by atoms with Crippen molar-refractivity contribution in [1.82, 2.24) is 0 Å². The van der Waals surface area contributed by atoms with E-state index in [1.807, 2.05) is 0 Å². The van der Waals surface area contributed by atoms with E-state index in [0.29, 0.717) is 17.6 Å². The van der Waals surface area contributed by atoms with E-state index in [4.69, 9.17) is 0 Å². The zero-order valence-electron chi connectivity index (χ0n) is 6.94. The Morgan fingerprint density at radius 3 is 1.83 bits per heavy atom. The third kappa shape index (κ3) is 0.272. The molecule has 0 spiro atoms. The van der Waals surface area contributed by atoms with Crippen LogP contribution in [0, 0.1) is 47.3 Å². The van der Waals surface area contributed by atoms with Gasteiger partial charge in [-0.15, -0.1) is 0 Å². The molecule has 1 nitrogen and oxygen atoms in total. The lowest BCUT2D eigenvalue weighted by molar-refractivity contribution is -0.122. The van der Waals surface area contributed by atoms with Gasteiger partial charge in [-0.25, -0.2) is 0 Å². The van der Waals surface area contributed by atoms with Gasteiger partial charge >= 0.3 is 0 Å². The minimum Gasteiger partial charge on any atom is -0.299 e. The maximum Gasteiger partial charge on any atom is 0.140 e. The van der Waals surface area contributed by atoms with Crippen LogP contribution >= 0.6 is 0 Å². The van der Waals surface area contributed by atoms with Gasteiger partial charge in [0.25, 0.3) is 0 Å². The van der Waals surface area contributed by atoms with Crippen LogP contribution in [-0.4, -0.2) is 5.78 Å². The predicted molar refractivity (Wildman–Crippen MR) is 42.2 cm³/mol. The summed E-state index contributed by atoms with van der Waals surface area (Å²) in [6, 6.07) is 0. The lowest BCUT2D eigenvalue weighted by atomic mass is 9.71. The molecule has 6 rings (SSSR count). The maximum atomic E-state index is 11.9. The summed E-state index contributed by atoms with van der Waals surface area (Å²) in [6.45, 7) is 0. The van der Waals surface area contributed by atoms with Gasteiger partial charge in [0.2, 0.25) is 0 Å². The molecule has 12 heavy (non-hydrogen) atoms. The zero-order valence-corrected chi connectivity index (χ0v) is 6.94. The number of hydrogen-bond acceptors (Lipinski definition) is 1. The average Bonchev–Trinajstić information content (AvgIpc) is 2.68. The number of hydrogen-bond donors (Lipinski definition) is 0. The second-order valence-corrected chi connectivity index (χ2v) is 5.74. The molecule has 6 saturated carbocycles. The van der Waals surface area contributed by atoms with E-state index < -0.39 is 0 Å². The highest BCUT2D eigenvalue weighted by Crippen LogP contribution is 2.81. The number of carbonyl (C=O) groups is 1. The van der Waals surface area contributed by atoms with E-state index in [2.05, 4.69) is 0 Å². The SMILES string of the molecule is O=C1[C@@H]2[C@H]3C[C@H]4[C@H]5C[C@H]([C@H]1[C@@H]53)[C@@H]42. The Labute approximate surface area is 71.5 Å². The molecule has 6 aliphatic carbocycles. The molecule has 6 bridgehead atoms. The van der Waals surface area contributed by atoms with Crippen molar-refractivity contribution < 1.29 is 4.79 Å². The van der Waals surface area contributed by atoms with Crippen molar-refractivity contribution in [3.8, 4) is 0 Å². The highest BCUT2D eigenvalue weighted by Gasteiger charge is 2.80. The van der Waals surface area contributed by atoms with Crippen molar-refractivity contribution in [3.63, 3.8) is 0 Å². The molecule has 6 fully saturated rings. The van der Waals surface area contributed by atoms with E-state index >= 15 is 0 Å². The molecule has 0 heterocycles. The van der Waals surface area contributed by atoms with Crippen molar-refractivity contribution in [3.05, 3.63) is 0 Å². The summed E-state index contributed by atoms with van der Waals surface area (Å²) in [7, 11) is 0. The standard InChI is InChI=1S/C11H12O/c12-11-9-5-1-3-4-2-6(7(3)9)10(11)8(4)5/h3-10H,1-2H2/t3-,4+,5-,6-,7+,8-,9+,10-/m0/s1. The van der Waals surface area contributed by atoms with Crippen LogP contribution in [0.15, 0.2) is 0 Å². The van der Waals surface area contributed by atoms with Gasteiger partial charge in [-0.05, 0) is 48.3 Å². The van der Waals surface area contributed by atoms with E-state index in [1.165, 1.54) is 12.8 Å². The Hall–Kier alpha value is -0.330. The fourth-order valence-electron chi connectivity index (χ4n) is 6.24. The van der Waals surface area contributed by atoms with Gasteiger partial charge in [0.1, 0.15) is 5.78 Å². The predicted octanol–water partition coefficient (Wildman–Crippen LogP) is 1.33. The fraction of sp³-hybridized carbons (Fsp3) is 0.909. The first kappa shape index (κ1) is 5.41. The van der Waals surface area contributed by atoms with Gasteiger partial charge in [0.05, 0.1) is 0 Å². The molecule has 0 amide bonds. The summed E-state index contributed by atoms with van der Waals surface area (Å²) in [5, 5.41) is 0. The third-order valence-electron chi connectivity index (χ3n) is 6.03. The van der Waals surface area contributed by atoms with Crippen LogP contribution in [0.1, 0.15) is 12.8 Å². The molecule has 0 unspecified atom stereocenters.